The first kappa shape index (κ1) is 22.4. The van der Waals surface area contributed by atoms with Crippen LogP contribution in [0.15, 0.2) is 58.4 Å². The highest BCUT2D eigenvalue weighted by atomic mass is 32.2. The van der Waals surface area contributed by atoms with Gasteiger partial charge in [-0.3, -0.25) is 19.4 Å². The minimum absolute atomic E-state index is 0.179. The number of nitrogens with one attached hydrogen (secondary N) is 2. The maximum absolute atomic E-state index is 12.6. The fourth-order valence-corrected chi connectivity index (χ4v) is 5.19. The number of ether oxygens (including phenoxy) is 1. The summed E-state index contributed by atoms with van der Waals surface area (Å²) < 4.78 is 32.5. The molecule has 0 spiro atoms. The van der Waals surface area contributed by atoms with Crippen LogP contribution in [0.25, 0.3) is 0 Å². The Labute approximate surface area is 188 Å². The van der Waals surface area contributed by atoms with Crippen LogP contribution in [0, 0.1) is 0 Å². The lowest BCUT2D eigenvalue weighted by Gasteiger charge is -2.31. The predicted octanol–water partition coefficient (Wildman–Crippen LogP) is 1.65. The number of hydrogen-bond acceptors (Lipinski definition) is 6. The van der Waals surface area contributed by atoms with Gasteiger partial charge in [-0.2, -0.15) is 0 Å². The van der Waals surface area contributed by atoms with Crippen LogP contribution >= 0.6 is 0 Å². The predicted molar refractivity (Wildman–Crippen MR) is 122 cm³/mol. The average Bonchev–Trinajstić information content (AvgIpc) is 3.02. The molecule has 4 rings (SSSR count). The van der Waals surface area contributed by atoms with Crippen molar-refractivity contribution in [3.63, 3.8) is 0 Å². The number of amidine groups is 1. The highest BCUT2D eigenvalue weighted by molar-refractivity contribution is 7.90. The van der Waals surface area contributed by atoms with Crippen molar-refractivity contribution in [2.24, 2.45) is 4.99 Å². The van der Waals surface area contributed by atoms with E-state index in [-0.39, 0.29) is 22.7 Å². The minimum Gasteiger partial charge on any atom is -0.376 e. The van der Waals surface area contributed by atoms with E-state index in [1.165, 1.54) is 11.6 Å². The van der Waals surface area contributed by atoms with E-state index in [1.807, 2.05) is 12.1 Å². The second-order valence-electron chi connectivity index (χ2n) is 8.21. The molecule has 2 atom stereocenters. The number of sulfonamides is 1. The summed E-state index contributed by atoms with van der Waals surface area (Å²) in [6.07, 6.45) is 0.241. The van der Waals surface area contributed by atoms with Crippen LogP contribution in [0.3, 0.4) is 0 Å². The molecule has 2 aromatic carbocycles. The van der Waals surface area contributed by atoms with Crippen LogP contribution in [0.2, 0.25) is 0 Å². The van der Waals surface area contributed by atoms with Gasteiger partial charge in [0.15, 0.2) is 0 Å². The van der Waals surface area contributed by atoms with Crippen LogP contribution in [-0.2, 0) is 32.6 Å². The zero-order valence-corrected chi connectivity index (χ0v) is 19.1. The normalized spacial score (nSPS) is 22.2. The maximum atomic E-state index is 12.6. The molecule has 2 aliphatic rings. The number of rotatable bonds is 6. The van der Waals surface area contributed by atoms with Gasteiger partial charge in [-0.05, 0) is 37.1 Å². The Bertz CT molecular complexity index is 1130. The summed E-state index contributed by atoms with van der Waals surface area (Å²) >= 11 is 0. The van der Waals surface area contributed by atoms with E-state index >= 15 is 0 Å². The molecule has 2 heterocycles. The van der Waals surface area contributed by atoms with Crippen molar-refractivity contribution < 1.29 is 17.9 Å². The largest absolute Gasteiger partial charge is 0.376 e. The summed E-state index contributed by atoms with van der Waals surface area (Å²) in [6, 6.07) is 14.0. The number of fused-ring (bicyclic) bond motifs is 1. The molecule has 0 aliphatic carbocycles. The van der Waals surface area contributed by atoms with Crippen molar-refractivity contribution in [3.8, 4) is 0 Å². The molecule has 2 N–H and O–H groups in total. The molecule has 1 unspecified atom stereocenters. The van der Waals surface area contributed by atoms with Gasteiger partial charge in [-0.15, -0.1) is 0 Å². The Hall–Kier alpha value is -2.75. The molecule has 0 bridgehead atoms. The van der Waals surface area contributed by atoms with E-state index in [4.69, 9.17) is 4.74 Å². The lowest BCUT2D eigenvalue weighted by Crippen LogP contribution is -2.40. The number of carbonyl (C=O) groups is 1. The number of benzene rings is 2. The summed E-state index contributed by atoms with van der Waals surface area (Å²) in [5, 5.41) is 2.90. The van der Waals surface area contributed by atoms with Gasteiger partial charge in [0, 0.05) is 31.7 Å². The third-order valence-electron chi connectivity index (χ3n) is 5.55. The molecule has 9 heteroatoms. The molecule has 32 heavy (non-hydrogen) atoms. The number of nitrogens with zero attached hydrogens (tertiary/aromatic N) is 2. The molecule has 0 aromatic heterocycles. The fraction of sp³-hybridized carbons (Fsp3) is 0.391. The molecular formula is C23H28N4O4S. The summed E-state index contributed by atoms with van der Waals surface area (Å²) in [5.74, 6) is -0.0709. The number of hydrogen-bond donors (Lipinski definition) is 2. The van der Waals surface area contributed by atoms with Crippen LogP contribution in [0.1, 0.15) is 30.5 Å². The van der Waals surface area contributed by atoms with Gasteiger partial charge in [-0.1, -0.05) is 36.4 Å². The zero-order valence-electron chi connectivity index (χ0n) is 18.2. The Kier molecular flexibility index (Phi) is 6.59. The van der Waals surface area contributed by atoms with E-state index in [1.54, 1.807) is 25.1 Å². The molecule has 2 aliphatic heterocycles. The van der Waals surface area contributed by atoms with Gasteiger partial charge < -0.3 is 10.1 Å². The number of morpholine rings is 1. The number of aliphatic imine (C=N–C) groups is 1. The summed E-state index contributed by atoms with van der Waals surface area (Å²) in [5.41, 5.74) is 2.68. The monoisotopic (exact) mass is 456 g/mol. The molecule has 2 aromatic rings. The fourth-order valence-electron chi connectivity index (χ4n) is 3.95. The van der Waals surface area contributed by atoms with Crippen molar-refractivity contribution in [3.05, 3.63) is 65.2 Å². The van der Waals surface area contributed by atoms with Crippen molar-refractivity contribution in [1.82, 2.24) is 14.9 Å². The van der Waals surface area contributed by atoms with E-state index in [0.29, 0.717) is 12.1 Å². The van der Waals surface area contributed by atoms with Crippen molar-refractivity contribution in [2.45, 2.75) is 44.0 Å². The van der Waals surface area contributed by atoms with E-state index in [0.717, 1.165) is 31.8 Å². The molecule has 0 radical (unpaired) electrons. The Morgan fingerprint density at radius 3 is 2.84 bits per heavy atom. The van der Waals surface area contributed by atoms with E-state index in [9.17, 15) is 13.2 Å². The minimum atomic E-state index is -3.63. The van der Waals surface area contributed by atoms with Crippen molar-refractivity contribution in [1.29, 1.82) is 0 Å². The maximum Gasteiger partial charge on any atom is 0.263 e. The van der Waals surface area contributed by atoms with Crippen LogP contribution in [-0.4, -0.2) is 56.9 Å². The molecule has 1 amide bonds. The Balaban J connectivity index is 1.36. The Morgan fingerprint density at radius 2 is 2.03 bits per heavy atom. The highest BCUT2D eigenvalue weighted by Crippen LogP contribution is 2.22. The SMILES string of the molecule is CC1CN(Cc2cccc(CNC(=O)[C@H](C)N=C3NS(=O)(=O)c4ccccc43)c2)CCO1. The second-order valence-corrected chi connectivity index (χ2v) is 9.86. The molecule has 0 saturated carbocycles. The standard InChI is InChI=1S/C23H28N4O4S/c1-16-14-27(10-11-31-16)15-19-7-5-6-18(12-19)13-24-23(28)17(2)25-22-20-8-3-4-9-21(20)32(29,30)26-22/h3-9,12,16-17H,10-11,13-15H2,1-2H3,(H,24,28)(H,25,26)/t16?,17-/m0/s1. The lowest BCUT2D eigenvalue weighted by atomic mass is 10.1. The Morgan fingerprint density at radius 1 is 1.25 bits per heavy atom. The van der Waals surface area contributed by atoms with Gasteiger partial charge in [0.2, 0.25) is 5.91 Å². The van der Waals surface area contributed by atoms with Crippen molar-refractivity contribution in [2.75, 3.05) is 19.7 Å². The van der Waals surface area contributed by atoms with Crippen LogP contribution in [0.4, 0.5) is 0 Å². The summed E-state index contributed by atoms with van der Waals surface area (Å²) in [6.45, 7) is 7.52. The second kappa shape index (κ2) is 9.40. The highest BCUT2D eigenvalue weighted by Gasteiger charge is 2.31. The molecular weight excluding hydrogens is 428 g/mol. The number of carbonyl (C=O) groups excluding carboxylic acids is 1. The molecule has 1 fully saturated rings. The number of amides is 1. The third-order valence-corrected chi connectivity index (χ3v) is 6.95. The van der Waals surface area contributed by atoms with Gasteiger partial charge in [0.25, 0.3) is 10.0 Å². The van der Waals surface area contributed by atoms with E-state index < -0.39 is 16.1 Å². The first-order valence-corrected chi connectivity index (χ1v) is 12.2. The van der Waals surface area contributed by atoms with Crippen LogP contribution < -0.4 is 10.0 Å². The molecule has 1 saturated heterocycles. The smallest absolute Gasteiger partial charge is 0.263 e. The topological polar surface area (TPSA) is 100 Å². The van der Waals surface area contributed by atoms with Crippen molar-refractivity contribution >= 4 is 21.8 Å². The third kappa shape index (κ3) is 5.17. The van der Waals surface area contributed by atoms with Gasteiger partial charge in [0.05, 0.1) is 17.6 Å². The van der Waals surface area contributed by atoms with Crippen LogP contribution in [0.5, 0.6) is 0 Å². The van der Waals surface area contributed by atoms with Gasteiger partial charge in [0.1, 0.15) is 11.9 Å². The average molecular weight is 457 g/mol. The molecule has 8 nitrogen and oxygen atoms in total. The quantitative estimate of drug-likeness (QED) is 0.689. The summed E-state index contributed by atoms with van der Waals surface area (Å²) in [7, 11) is -3.63. The van der Waals surface area contributed by atoms with Gasteiger partial charge >= 0.3 is 0 Å². The van der Waals surface area contributed by atoms with Gasteiger partial charge in [-0.25, -0.2) is 8.42 Å². The zero-order chi connectivity index (χ0) is 22.7. The first-order valence-electron chi connectivity index (χ1n) is 10.7. The summed E-state index contributed by atoms with van der Waals surface area (Å²) in [4.78, 5) is 19.5. The van der Waals surface area contributed by atoms with E-state index in [2.05, 4.69) is 39.0 Å². The first-order chi connectivity index (χ1) is 15.3. The molecule has 170 valence electrons. The lowest BCUT2D eigenvalue weighted by molar-refractivity contribution is -0.122.